The average molecular weight is 555 g/mol. The quantitative estimate of drug-likeness (QED) is 0.198. The number of hydrogen-bond donors (Lipinski definition) is 0. The molecule has 0 spiro atoms. The van der Waals surface area contributed by atoms with E-state index in [9.17, 15) is 5.48 Å². The molecule has 0 unspecified atom stereocenters. The molecule has 43 heavy (non-hydrogen) atoms. The molecule has 9 aromatic rings. The fourth-order valence-corrected chi connectivity index (χ4v) is 6.41. The van der Waals surface area contributed by atoms with Crippen molar-refractivity contribution in [2.45, 2.75) is 0 Å². The topological polar surface area (TPSA) is 13.1 Å². The molecule has 200 valence electrons. The molecule has 0 aliphatic carbocycles. The van der Waals surface area contributed by atoms with Crippen molar-refractivity contribution in [2.24, 2.45) is 0 Å². The molecule has 0 amide bonds. The lowest BCUT2D eigenvalue weighted by molar-refractivity contribution is 0.672. The van der Waals surface area contributed by atoms with Crippen LogP contribution in [0.15, 0.2) is 162 Å². The fraction of sp³-hybridized carbons (Fsp3) is 0. The molecule has 0 saturated heterocycles. The summed E-state index contributed by atoms with van der Waals surface area (Å²) in [5.74, 6) is 0. The molecular formula is C42H26O. The summed E-state index contributed by atoms with van der Waals surface area (Å²) in [5, 5.41) is 4.32. The Bertz CT molecular complexity index is 2870. The normalized spacial score (nSPS) is 14.3. The van der Waals surface area contributed by atoms with Crippen LogP contribution in [0.3, 0.4) is 0 Å². The van der Waals surface area contributed by atoms with Gasteiger partial charge in [-0.05, 0) is 78.5 Å². The van der Waals surface area contributed by atoms with E-state index >= 15 is 0 Å². The minimum atomic E-state index is -0.433. The predicted octanol–water partition coefficient (Wildman–Crippen LogP) is 12.0. The van der Waals surface area contributed by atoms with Gasteiger partial charge < -0.3 is 4.42 Å². The van der Waals surface area contributed by atoms with Crippen molar-refractivity contribution in [1.29, 1.82) is 0 Å². The zero-order chi connectivity index (χ0) is 35.3. The largest absolute Gasteiger partial charge is 0.455 e. The summed E-state index contributed by atoms with van der Waals surface area (Å²) in [6.07, 6.45) is 0. The molecule has 0 fully saturated rings. The van der Waals surface area contributed by atoms with Crippen LogP contribution in [-0.4, -0.2) is 0 Å². The van der Waals surface area contributed by atoms with E-state index < -0.39 is 24.2 Å². The molecular weight excluding hydrogens is 520 g/mol. The third-order valence-electron chi connectivity index (χ3n) is 8.31. The van der Waals surface area contributed by atoms with Crippen LogP contribution in [-0.2, 0) is 0 Å². The van der Waals surface area contributed by atoms with Crippen LogP contribution >= 0.6 is 0 Å². The van der Waals surface area contributed by atoms with Gasteiger partial charge in [-0.25, -0.2) is 0 Å². The van der Waals surface area contributed by atoms with Crippen molar-refractivity contribution in [2.75, 3.05) is 0 Å². The zero-order valence-corrected chi connectivity index (χ0v) is 22.8. The molecule has 0 radical (unpaired) electrons. The first-order valence-electron chi connectivity index (χ1n) is 18.1. The summed E-state index contributed by atoms with van der Waals surface area (Å²) in [7, 11) is 0. The van der Waals surface area contributed by atoms with Gasteiger partial charge in [-0.2, -0.15) is 0 Å². The smallest absolute Gasteiger partial charge is 0.143 e. The van der Waals surface area contributed by atoms with E-state index in [1.54, 1.807) is 6.07 Å². The standard InChI is InChI=1S/C42H26O/c1-2-12-27(13-3-1)30-15-6-7-17-32(30)41-35-20-10-8-18-33(35)40(34-19-9-11-21-36(34)41)29-23-25-39-38(26-29)37-24-22-28-14-4-5-16-31(28)42(37)43-39/h1-26H/i8D,9D,10D,11D,18D,19D,20D,21D. The molecule has 0 N–H and O–H groups in total. The van der Waals surface area contributed by atoms with Gasteiger partial charge in [-0.3, -0.25) is 0 Å². The molecule has 0 aliphatic rings. The molecule has 9 rings (SSSR count). The van der Waals surface area contributed by atoms with Crippen molar-refractivity contribution in [3.8, 4) is 33.4 Å². The summed E-state index contributed by atoms with van der Waals surface area (Å²) in [5.41, 5.74) is 4.69. The van der Waals surface area contributed by atoms with Gasteiger partial charge in [0.25, 0.3) is 0 Å². The Morgan fingerprint density at radius 3 is 1.79 bits per heavy atom. The van der Waals surface area contributed by atoms with Gasteiger partial charge in [0.05, 0.1) is 11.0 Å². The van der Waals surface area contributed by atoms with Gasteiger partial charge in [0, 0.05) is 16.2 Å². The Morgan fingerprint density at radius 1 is 0.419 bits per heavy atom. The van der Waals surface area contributed by atoms with Crippen LogP contribution in [0.2, 0.25) is 0 Å². The first-order valence-corrected chi connectivity index (χ1v) is 14.1. The van der Waals surface area contributed by atoms with Crippen LogP contribution in [0.1, 0.15) is 11.0 Å². The number of rotatable bonds is 3. The Kier molecular flexibility index (Phi) is 3.80. The predicted molar refractivity (Wildman–Crippen MR) is 183 cm³/mol. The minimum absolute atomic E-state index is 0.175. The maximum atomic E-state index is 9.34. The minimum Gasteiger partial charge on any atom is -0.455 e. The monoisotopic (exact) mass is 554 g/mol. The maximum Gasteiger partial charge on any atom is 0.143 e. The van der Waals surface area contributed by atoms with Gasteiger partial charge >= 0.3 is 0 Å². The maximum absolute atomic E-state index is 9.34. The van der Waals surface area contributed by atoms with Crippen LogP contribution in [0, 0.1) is 0 Å². The lowest BCUT2D eigenvalue weighted by Crippen LogP contribution is -1.92. The summed E-state index contributed by atoms with van der Waals surface area (Å²) >= 11 is 0. The van der Waals surface area contributed by atoms with Gasteiger partial charge in [0.1, 0.15) is 11.2 Å². The van der Waals surface area contributed by atoms with Crippen LogP contribution in [0.5, 0.6) is 0 Å². The van der Waals surface area contributed by atoms with Crippen LogP contribution < -0.4 is 0 Å². The molecule has 8 aromatic carbocycles. The Balaban J connectivity index is 1.52. The zero-order valence-electron chi connectivity index (χ0n) is 30.8. The molecule has 0 saturated carbocycles. The first-order chi connectivity index (χ1) is 24.7. The molecule has 1 heterocycles. The molecule has 0 bridgehead atoms. The highest BCUT2D eigenvalue weighted by Gasteiger charge is 2.19. The van der Waals surface area contributed by atoms with Crippen molar-refractivity contribution < 1.29 is 15.4 Å². The van der Waals surface area contributed by atoms with Gasteiger partial charge in [0.2, 0.25) is 0 Å². The van der Waals surface area contributed by atoms with E-state index in [1.807, 2.05) is 103 Å². The fourth-order valence-electron chi connectivity index (χ4n) is 6.41. The Hall–Kier alpha value is -5.66. The number of hydrogen-bond acceptors (Lipinski definition) is 1. The SMILES string of the molecule is [2H]c1c([2H])c([2H])c2c(-c3ccccc3-c3ccccc3)c3c([2H])c([2H])c([2H])c([2H])c3c(-c3ccc4oc5c6ccccc6ccc5c4c3)c2c1[2H]. The molecule has 0 atom stereocenters. The average Bonchev–Trinajstić information content (AvgIpc) is 3.55. The summed E-state index contributed by atoms with van der Waals surface area (Å²) < 4.78 is 78.9. The summed E-state index contributed by atoms with van der Waals surface area (Å²) in [4.78, 5) is 0. The molecule has 0 aliphatic heterocycles. The number of benzene rings is 8. The second kappa shape index (κ2) is 9.44. The van der Waals surface area contributed by atoms with E-state index in [-0.39, 0.29) is 45.7 Å². The third kappa shape index (κ3) is 3.65. The highest BCUT2D eigenvalue weighted by molar-refractivity contribution is 6.23. The number of fused-ring (bicyclic) bond motifs is 7. The summed E-state index contributed by atoms with van der Waals surface area (Å²) in [6.45, 7) is 0. The van der Waals surface area contributed by atoms with E-state index in [2.05, 4.69) is 0 Å². The van der Waals surface area contributed by atoms with E-state index in [4.69, 9.17) is 9.90 Å². The van der Waals surface area contributed by atoms with Crippen LogP contribution in [0.4, 0.5) is 0 Å². The van der Waals surface area contributed by atoms with Gasteiger partial charge in [0.15, 0.2) is 0 Å². The van der Waals surface area contributed by atoms with Crippen molar-refractivity contribution in [1.82, 2.24) is 0 Å². The molecule has 1 nitrogen and oxygen atoms in total. The lowest BCUT2D eigenvalue weighted by Gasteiger charge is -2.19. The highest BCUT2D eigenvalue weighted by atomic mass is 16.3. The first kappa shape index (κ1) is 17.3. The summed E-state index contributed by atoms with van der Waals surface area (Å²) in [6, 6.07) is 31.6. The Labute approximate surface area is 260 Å². The highest BCUT2D eigenvalue weighted by Crippen LogP contribution is 2.47. The third-order valence-corrected chi connectivity index (χ3v) is 8.31. The second-order valence-corrected chi connectivity index (χ2v) is 10.6. The molecule has 1 aromatic heterocycles. The van der Waals surface area contributed by atoms with E-state index in [0.29, 0.717) is 33.4 Å². The van der Waals surface area contributed by atoms with E-state index in [1.165, 1.54) is 0 Å². The van der Waals surface area contributed by atoms with Gasteiger partial charge in [-0.1, -0.05) is 139 Å². The van der Waals surface area contributed by atoms with Crippen molar-refractivity contribution >= 4 is 54.3 Å². The van der Waals surface area contributed by atoms with Crippen molar-refractivity contribution in [3.05, 3.63) is 158 Å². The second-order valence-electron chi connectivity index (χ2n) is 10.6. The molecule has 1 heteroatoms. The Morgan fingerprint density at radius 2 is 1.05 bits per heavy atom. The van der Waals surface area contributed by atoms with Gasteiger partial charge in [-0.15, -0.1) is 0 Å². The number of furan rings is 1. The van der Waals surface area contributed by atoms with Crippen LogP contribution in [0.25, 0.3) is 87.6 Å². The van der Waals surface area contributed by atoms with Crippen molar-refractivity contribution in [3.63, 3.8) is 0 Å². The lowest BCUT2D eigenvalue weighted by atomic mass is 9.83. The van der Waals surface area contributed by atoms with E-state index in [0.717, 1.165) is 32.7 Å².